The van der Waals surface area contributed by atoms with Crippen molar-refractivity contribution in [2.24, 2.45) is 0 Å². The topological polar surface area (TPSA) is 247 Å². The van der Waals surface area contributed by atoms with Gasteiger partial charge < -0.3 is 73.7 Å². The second kappa shape index (κ2) is 13.4. The first-order chi connectivity index (χ1) is 21.5. The van der Waals surface area contributed by atoms with Crippen molar-refractivity contribution in [3.8, 4) is 34.1 Å². The number of rotatable bonds is 9. The van der Waals surface area contributed by atoms with Crippen molar-refractivity contribution >= 4 is 11.0 Å². The standard InChI is InChI=1S/C29H34O16/c1-39-15-7-14-18(22(34)27(15)40-2)19(31)13(9-41-14)11-3-5-12(6-4-11)43-29-26(38)24(36)21(33)17(45-29)10-42-28-25(37)23(35)20(32)16(8-30)44-28/h3-7,9,16-17,20-21,23-26,28-30,32-38H,8,10H2,1-2H3/t16?,17?,20-,21+,23+,24?,25?,26?,28-,29+/m1/s1. The van der Waals surface area contributed by atoms with E-state index in [1.165, 1.54) is 50.8 Å². The number of aromatic hydroxyl groups is 1. The van der Waals surface area contributed by atoms with E-state index in [4.69, 9.17) is 32.8 Å². The van der Waals surface area contributed by atoms with E-state index < -0.39 is 85.8 Å². The van der Waals surface area contributed by atoms with Crippen LogP contribution >= 0.6 is 0 Å². The van der Waals surface area contributed by atoms with Crippen molar-refractivity contribution < 1.29 is 73.7 Å². The number of aliphatic hydroxyl groups excluding tert-OH is 7. The third kappa shape index (κ3) is 6.17. The summed E-state index contributed by atoms with van der Waals surface area (Å²) in [6.07, 6.45) is -14.5. The van der Waals surface area contributed by atoms with E-state index >= 15 is 0 Å². The Morgan fingerprint density at radius 2 is 1.42 bits per heavy atom. The van der Waals surface area contributed by atoms with Gasteiger partial charge in [0.1, 0.15) is 71.8 Å². The first-order valence-corrected chi connectivity index (χ1v) is 13.8. The first-order valence-electron chi connectivity index (χ1n) is 13.8. The third-order valence-electron chi connectivity index (χ3n) is 7.74. The molecule has 0 aliphatic carbocycles. The molecule has 2 fully saturated rings. The molecule has 2 saturated heterocycles. The molecule has 3 aromatic rings. The Morgan fingerprint density at radius 3 is 2.04 bits per heavy atom. The average Bonchev–Trinajstić information content (AvgIpc) is 3.04. The van der Waals surface area contributed by atoms with Crippen molar-refractivity contribution in [3.63, 3.8) is 0 Å². The maximum absolute atomic E-state index is 13.3. The summed E-state index contributed by atoms with van der Waals surface area (Å²) in [5, 5.41) is 81.4. The fraction of sp³-hybridized carbons (Fsp3) is 0.483. The SMILES string of the molecule is COc1cc2occ(-c3ccc(O[C@H]4OC(CO[C@@H]5OC(CO)[C@@H](O)[C@H](O)C5O)[C@H](O)C(O)C4O)cc3)c(=O)c2c(O)c1OC. The predicted octanol–water partition coefficient (Wildman–Crippen LogP) is -1.81. The minimum Gasteiger partial charge on any atom is -0.504 e. The lowest BCUT2D eigenvalue weighted by molar-refractivity contribution is -0.323. The van der Waals surface area contributed by atoms with E-state index in [9.17, 15) is 45.6 Å². The molecule has 5 unspecified atom stereocenters. The van der Waals surface area contributed by atoms with E-state index in [1.807, 2.05) is 0 Å². The number of methoxy groups -OCH3 is 2. The largest absolute Gasteiger partial charge is 0.504 e. The molecule has 246 valence electrons. The van der Waals surface area contributed by atoms with E-state index in [-0.39, 0.29) is 33.8 Å². The molecular formula is C29H34O16. The van der Waals surface area contributed by atoms with Crippen LogP contribution in [0.1, 0.15) is 0 Å². The number of fused-ring (bicyclic) bond motifs is 1. The second-order valence-electron chi connectivity index (χ2n) is 10.5. The molecule has 0 amide bonds. The Morgan fingerprint density at radius 1 is 0.800 bits per heavy atom. The molecule has 16 nitrogen and oxygen atoms in total. The van der Waals surface area contributed by atoms with Gasteiger partial charge in [-0.2, -0.15) is 0 Å². The van der Waals surface area contributed by atoms with Gasteiger partial charge >= 0.3 is 0 Å². The summed E-state index contributed by atoms with van der Waals surface area (Å²) in [5.41, 5.74) is 0.0231. The first kappa shape index (κ1) is 32.8. The minimum absolute atomic E-state index is 0.0339. The number of phenols is 1. The molecule has 16 heteroatoms. The van der Waals surface area contributed by atoms with Gasteiger partial charge in [-0.1, -0.05) is 12.1 Å². The molecule has 1 aromatic heterocycles. The molecule has 0 spiro atoms. The Labute approximate surface area is 254 Å². The molecule has 2 aliphatic heterocycles. The molecule has 2 aliphatic rings. The highest BCUT2D eigenvalue weighted by Gasteiger charge is 2.47. The van der Waals surface area contributed by atoms with Gasteiger partial charge in [0.15, 0.2) is 17.8 Å². The molecule has 45 heavy (non-hydrogen) atoms. The van der Waals surface area contributed by atoms with E-state index in [0.717, 1.165) is 0 Å². The maximum Gasteiger partial charge on any atom is 0.229 e. The molecule has 2 aromatic carbocycles. The Hall–Kier alpha value is -3.55. The van der Waals surface area contributed by atoms with E-state index in [0.29, 0.717) is 5.56 Å². The molecule has 0 saturated carbocycles. The van der Waals surface area contributed by atoms with Crippen molar-refractivity contribution in [1.29, 1.82) is 0 Å². The predicted molar refractivity (Wildman–Crippen MR) is 150 cm³/mol. The molecule has 8 N–H and O–H groups in total. The highest BCUT2D eigenvalue weighted by molar-refractivity contribution is 5.91. The van der Waals surface area contributed by atoms with Crippen LogP contribution in [0.3, 0.4) is 0 Å². The average molecular weight is 639 g/mol. The van der Waals surface area contributed by atoms with Crippen LogP contribution in [-0.4, -0.2) is 130 Å². The van der Waals surface area contributed by atoms with Crippen LogP contribution in [0.2, 0.25) is 0 Å². The summed E-state index contributed by atoms with van der Waals surface area (Å²) in [7, 11) is 2.69. The molecular weight excluding hydrogens is 604 g/mol. The van der Waals surface area contributed by atoms with Gasteiger partial charge in [0.05, 0.1) is 33.0 Å². The van der Waals surface area contributed by atoms with Crippen LogP contribution in [0.15, 0.2) is 45.8 Å². The molecule has 10 atom stereocenters. The third-order valence-corrected chi connectivity index (χ3v) is 7.74. The van der Waals surface area contributed by atoms with Crippen molar-refractivity contribution in [2.45, 2.75) is 61.4 Å². The van der Waals surface area contributed by atoms with Gasteiger partial charge in [0, 0.05) is 6.07 Å². The summed E-state index contributed by atoms with van der Waals surface area (Å²) >= 11 is 0. The van der Waals surface area contributed by atoms with Gasteiger partial charge in [0.25, 0.3) is 0 Å². The highest BCUT2D eigenvalue weighted by Crippen LogP contribution is 2.42. The zero-order valence-corrected chi connectivity index (χ0v) is 24.0. The summed E-state index contributed by atoms with van der Waals surface area (Å²) in [6.45, 7) is -1.20. The lowest BCUT2D eigenvalue weighted by Crippen LogP contribution is -2.62. The highest BCUT2D eigenvalue weighted by atomic mass is 16.7. The van der Waals surface area contributed by atoms with Crippen LogP contribution in [0, 0.1) is 0 Å². The summed E-state index contributed by atoms with van der Waals surface area (Å²) in [4.78, 5) is 13.3. The van der Waals surface area contributed by atoms with Crippen molar-refractivity contribution in [3.05, 3.63) is 46.8 Å². The van der Waals surface area contributed by atoms with Crippen molar-refractivity contribution in [2.75, 3.05) is 27.4 Å². The number of hydrogen-bond acceptors (Lipinski definition) is 16. The van der Waals surface area contributed by atoms with Crippen LogP contribution in [0.25, 0.3) is 22.1 Å². The summed E-state index contributed by atoms with van der Waals surface area (Å²) < 4.78 is 38.0. The Bertz CT molecular complexity index is 1520. The number of aliphatic hydroxyl groups is 7. The maximum atomic E-state index is 13.3. The Kier molecular flexibility index (Phi) is 9.80. The fourth-order valence-electron chi connectivity index (χ4n) is 5.17. The molecule has 5 rings (SSSR count). The van der Waals surface area contributed by atoms with Gasteiger partial charge in [-0.25, -0.2) is 0 Å². The lowest BCUT2D eigenvalue weighted by Gasteiger charge is -2.42. The van der Waals surface area contributed by atoms with E-state index in [2.05, 4.69) is 0 Å². The normalized spacial score (nSPS) is 31.9. The van der Waals surface area contributed by atoms with E-state index in [1.54, 1.807) is 0 Å². The molecule has 0 radical (unpaired) electrons. The lowest BCUT2D eigenvalue weighted by atomic mass is 9.98. The minimum atomic E-state index is -1.74. The smallest absolute Gasteiger partial charge is 0.229 e. The number of benzene rings is 2. The van der Waals surface area contributed by atoms with Crippen LogP contribution in [0.4, 0.5) is 0 Å². The van der Waals surface area contributed by atoms with Gasteiger partial charge in [0.2, 0.25) is 17.5 Å². The van der Waals surface area contributed by atoms with Crippen molar-refractivity contribution in [1.82, 2.24) is 0 Å². The number of hydrogen-bond donors (Lipinski definition) is 8. The molecule has 3 heterocycles. The van der Waals surface area contributed by atoms with Gasteiger partial charge in [-0.15, -0.1) is 0 Å². The molecule has 0 bridgehead atoms. The van der Waals surface area contributed by atoms with Crippen LogP contribution in [0.5, 0.6) is 23.0 Å². The van der Waals surface area contributed by atoms with Crippen LogP contribution in [-0.2, 0) is 14.2 Å². The number of phenolic OH excluding ortho intramolecular Hbond substituents is 1. The zero-order valence-electron chi connectivity index (χ0n) is 24.0. The monoisotopic (exact) mass is 638 g/mol. The second-order valence-corrected chi connectivity index (χ2v) is 10.5. The Balaban J connectivity index is 1.30. The zero-order chi connectivity index (χ0) is 32.6. The fourth-order valence-corrected chi connectivity index (χ4v) is 5.17. The summed E-state index contributed by atoms with van der Waals surface area (Å²) in [6, 6.07) is 7.32. The van der Waals surface area contributed by atoms with Crippen LogP contribution < -0.4 is 19.6 Å². The summed E-state index contributed by atoms with van der Waals surface area (Å²) in [5.74, 6) is -0.170. The quantitative estimate of drug-likeness (QED) is 0.129. The van der Waals surface area contributed by atoms with Gasteiger partial charge in [-0.05, 0) is 17.7 Å². The van der Waals surface area contributed by atoms with Gasteiger partial charge in [-0.3, -0.25) is 4.79 Å². The number of ether oxygens (including phenoxy) is 6.